The third-order valence-electron chi connectivity index (χ3n) is 4.97. The predicted molar refractivity (Wildman–Crippen MR) is 105 cm³/mol. The van der Waals surface area contributed by atoms with Crippen molar-refractivity contribution in [2.24, 2.45) is 0 Å². The molecular formula is C18H22N8O2. The first-order valence-corrected chi connectivity index (χ1v) is 9.47. The maximum atomic E-state index is 5.67. The third kappa shape index (κ3) is 3.32. The first-order chi connectivity index (χ1) is 13.8. The Kier molecular flexibility index (Phi) is 4.41. The SMILES string of the molecule is Nc1nc2cc(-c3nc(N4CCNCC4)nc(N4CCOCC4)n3)ccc2o1. The number of nitrogens with zero attached hydrogens (tertiary/aromatic N) is 6. The molecule has 0 unspecified atom stereocenters. The van der Waals surface area contributed by atoms with E-state index in [4.69, 9.17) is 29.8 Å². The molecule has 28 heavy (non-hydrogen) atoms. The number of fused-ring (bicyclic) bond motifs is 1. The van der Waals surface area contributed by atoms with Crippen LogP contribution in [0.25, 0.3) is 22.5 Å². The largest absolute Gasteiger partial charge is 0.424 e. The van der Waals surface area contributed by atoms with Crippen LogP contribution in [0.5, 0.6) is 0 Å². The van der Waals surface area contributed by atoms with Crippen LogP contribution in [-0.2, 0) is 4.74 Å². The molecule has 0 atom stereocenters. The fourth-order valence-electron chi connectivity index (χ4n) is 3.48. The van der Waals surface area contributed by atoms with E-state index in [0.717, 1.165) is 44.8 Å². The molecule has 0 spiro atoms. The van der Waals surface area contributed by atoms with Crippen molar-refractivity contribution in [2.45, 2.75) is 0 Å². The van der Waals surface area contributed by atoms with E-state index in [1.54, 1.807) is 0 Å². The highest BCUT2D eigenvalue weighted by molar-refractivity contribution is 5.80. The Hall–Kier alpha value is -2.98. The quantitative estimate of drug-likeness (QED) is 0.663. The van der Waals surface area contributed by atoms with Gasteiger partial charge in [0.05, 0.1) is 13.2 Å². The van der Waals surface area contributed by atoms with Gasteiger partial charge < -0.3 is 30.0 Å². The number of morpholine rings is 1. The second-order valence-electron chi connectivity index (χ2n) is 6.83. The van der Waals surface area contributed by atoms with E-state index in [0.29, 0.717) is 42.0 Å². The number of hydrogen-bond acceptors (Lipinski definition) is 10. The summed E-state index contributed by atoms with van der Waals surface area (Å²) in [6.07, 6.45) is 0. The number of ether oxygens (including phenoxy) is 1. The number of aromatic nitrogens is 4. The average molecular weight is 382 g/mol. The fraction of sp³-hybridized carbons (Fsp3) is 0.444. The zero-order valence-electron chi connectivity index (χ0n) is 15.5. The lowest BCUT2D eigenvalue weighted by atomic mass is 10.2. The molecule has 0 bridgehead atoms. The van der Waals surface area contributed by atoms with E-state index in [9.17, 15) is 0 Å². The first-order valence-electron chi connectivity index (χ1n) is 9.47. The summed E-state index contributed by atoms with van der Waals surface area (Å²) in [6.45, 7) is 6.45. The van der Waals surface area contributed by atoms with E-state index < -0.39 is 0 Å². The van der Waals surface area contributed by atoms with Gasteiger partial charge in [-0.05, 0) is 18.2 Å². The average Bonchev–Trinajstić information content (AvgIpc) is 3.14. The van der Waals surface area contributed by atoms with Gasteiger partial charge in [-0.15, -0.1) is 0 Å². The maximum absolute atomic E-state index is 5.67. The molecule has 4 heterocycles. The Bertz CT molecular complexity index is 943. The lowest BCUT2D eigenvalue weighted by molar-refractivity contribution is 0.122. The van der Waals surface area contributed by atoms with Gasteiger partial charge in [-0.1, -0.05) is 0 Å². The number of anilines is 3. The van der Waals surface area contributed by atoms with E-state index in [1.807, 2.05) is 18.2 Å². The molecule has 2 aromatic heterocycles. The molecule has 2 saturated heterocycles. The Morgan fingerprint density at radius 3 is 2.36 bits per heavy atom. The summed E-state index contributed by atoms with van der Waals surface area (Å²) >= 11 is 0. The van der Waals surface area contributed by atoms with Crippen molar-refractivity contribution in [3.63, 3.8) is 0 Å². The molecule has 3 aromatic rings. The van der Waals surface area contributed by atoms with Crippen LogP contribution in [0.1, 0.15) is 0 Å². The summed E-state index contributed by atoms with van der Waals surface area (Å²) in [7, 11) is 0. The van der Waals surface area contributed by atoms with Gasteiger partial charge >= 0.3 is 0 Å². The van der Waals surface area contributed by atoms with Gasteiger partial charge in [0.15, 0.2) is 11.4 Å². The second kappa shape index (κ2) is 7.21. The molecular weight excluding hydrogens is 360 g/mol. The Morgan fingerprint density at radius 2 is 1.61 bits per heavy atom. The number of rotatable bonds is 3. The number of benzene rings is 1. The Balaban J connectivity index is 1.57. The summed E-state index contributed by atoms with van der Waals surface area (Å²) in [4.78, 5) is 22.8. The topological polar surface area (TPSA) is 118 Å². The standard InChI is InChI=1S/C18H22N8O2/c19-16-21-13-11-12(1-2-14(13)28-16)15-22-17(25-5-3-20-4-6-25)24-18(23-15)26-7-9-27-10-8-26/h1-2,11,20H,3-10H2,(H2,19,21). The Morgan fingerprint density at radius 1 is 0.893 bits per heavy atom. The molecule has 0 aliphatic carbocycles. The molecule has 0 saturated carbocycles. The molecule has 2 aliphatic heterocycles. The minimum Gasteiger partial charge on any atom is -0.424 e. The van der Waals surface area contributed by atoms with Gasteiger partial charge in [-0.3, -0.25) is 0 Å². The van der Waals surface area contributed by atoms with Crippen LogP contribution in [0.15, 0.2) is 22.6 Å². The van der Waals surface area contributed by atoms with E-state index in [2.05, 4.69) is 20.1 Å². The van der Waals surface area contributed by atoms with Crippen molar-refractivity contribution >= 4 is 29.0 Å². The molecule has 5 rings (SSSR count). The molecule has 2 fully saturated rings. The lowest BCUT2D eigenvalue weighted by Crippen LogP contribution is -2.44. The summed E-state index contributed by atoms with van der Waals surface area (Å²) in [5.74, 6) is 2.00. The van der Waals surface area contributed by atoms with Crippen molar-refractivity contribution in [2.75, 3.05) is 68.0 Å². The zero-order valence-corrected chi connectivity index (χ0v) is 15.5. The fourth-order valence-corrected chi connectivity index (χ4v) is 3.48. The highest BCUT2D eigenvalue weighted by atomic mass is 16.5. The predicted octanol–water partition coefficient (Wildman–Crippen LogP) is 0.508. The molecule has 0 amide bonds. The van der Waals surface area contributed by atoms with E-state index in [-0.39, 0.29) is 6.01 Å². The highest BCUT2D eigenvalue weighted by Crippen LogP contribution is 2.26. The summed E-state index contributed by atoms with van der Waals surface area (Å²) in [5.41, 5.74) is 7.86. The summed E-state index contributed by atoms with van der Waals surface area (Å²) < 4.78 is 10.8. The maximum Gasteiger partial charge on any atom is 0.292 e. The lowest BCUT2D eigenvalue weighted by Gasteiger charge is -2.30. The van der Waals surface area contributed by atoms with Crippen LogP contribution < -0.4 is 20.9 Å². The van der Waals surface area contributed by atoms with Gasteiger partial charge in [0, 0.05) is 44.8 Å². The number of piperazine rings is 1. The van der Waals surface area contributed by atoms with Crippen LogP contribution in [0.2, 0.25) is 0 Å². The summed E-state index contributed by atoms with van der Waals surface area (Å²) in [5, 5.41) is 3.36. The van der Waals surface area contributed by atoms with Gasteiger partial charge in [-0.2, -0.15) is 19.9 Å². The number of hydrogen-bond donors (Lipinski definition) is 2. The molecule has 2 aliphatic rings. The van der Waals surface area contributed by atoms with Crippen molar-refractivity contribution in [3.8, 4) is 11.4 Å². The van der Waals surface area contributed by atoms with Crippen molar-refractivity contribution in [1.29, 1.82) is 0 Å². The molecule has 0 radical (unpaired) electrons. The molecule has 1 aromatic carbocycles. The number of oxazole rings is 1. The molecule has 10 nitrogen and oxygen atoms in total. The van der Waals surface area contributed by atoms with E-state index in [1.165, 1.54) is 0 Å². The monoisotopic (exact) mass is 382 g/mol. The minimum atomic E-state index is 0.151. The van der Waals surface area contributed by atoms with Crippen LogP contribution in [-0.4, -0.2) is 72.4 Å². The highest BCUT2D eigenvalue weighted by Gasteiger charge is 2.21. The number of nitrogens with one attached hydrogen (secondary N) is 1. The van der Waals surface area contributed by atoms with Crippen molar-refractivity contribution < 1.29 is 9.15 Å². The van der Waals surface area contributed by atoms with E-state index >= 15 is 0 Å². The number of nitrogen functional groups attached to an aromatic ring is 1. The third-order valence-corrected chi connectivity index (χ3v) is 4.97. The minimum absolute atomic E-state index is 0.151. The Labute approximate surface area is 161 Å². The van der Waals surface area contributed by atoms with Crippen molar-refractivity contribution in [1.82, 2.24) is 25.3 Å². The van der Waals surface area contributed by atoms with Crippen LogP contribution in [0.3, 0.4) is 0 Å². The van der Waals surface area contributed by atoms with Gasteiger partial charge in [0.2, 0.25) is 11.9 Å². The normalized spacial score (nSPS) is 18.0. The number of nitrogens with two attached hydrogens (primary N) is 1. The van der Waals surface area contributed by atoms with Gasteiger partial charge in [-0.25, -0.2) is 0 Å². The molecule has 146 valence electrons. The van der Waals surface area contributed by atoms with Crippen LogP contribution in [0.4, 0.5) is 17.9 Å². The molecule has 3 N–H and O–H groups in total. The first kappa shape index (κ1) is 17.1. The van der Waals surface area contributed by atoms with Crippen LogP contribution in [0, 0.1) is 0 Å². The zero-order chi connectivity index (χ0) is 18.9. The van der Waals surface area contributed by atoms with Gasteiger partial charge in [0.1, 0.15) is 5.52 Å². The molecule has 10 heteroatoms. The van der Waals surface area contributed by atoms with Crippen LogP contribution >= 0.6 is 0 Å². The second-order valence-corrected chi connectivity index (χ2v) is 6.83. The summed E-state index contributed by atoms with van der Waals surface area (Å²) in [6, 6.07) is 5.82. The smallest absolute Gasteiger partial charge is 0.292 e. The van der Waals surface area contributed by atoms with Gasteiger partial charge in [0.25, 0.3) is 6.01 Å². The van der Waals surface area contributed by atoms with Crippen molar-refractivity contribution in [3.05, 3.63) is 18.2 Å².